The van der Waals surface area contributed by atoms with Gasteiger partial charge in [-0.15, -0.1) is 0 Å². The molecule has 0 radical (unpaired) electrons. The van der Waals surface area contributed by atoms with E-state index in [9.17, 15) is 14.0 Å². The zero-order chi connectivity index (χ0) is 18.7. The van der Waals surface area contributed by atoms with Crippen molar-refractivity contribution in [2.45, 2.75) is 32.9 Å². The van der Waals surface area contributed by atoms with E-state index in [1.807, 2.05) is 4.90 Å². The van der Waals surface area contributed by atoms with Gasteiger partial charge in [0.25, 0.3) is 5.56 Å². The first-order valence-corrected chi connectivity index (χ1v) is 8.86. The molecule has 2 heterocycles. The monoisotopic (exact) mass is 378 g/mol. The van der Waals surface area contributed by atoms with Gasteiger partial charge in [-0.1, -0.05) is 17.7 Å². The molecule has 0 aliphatic carbocycles. The molecule has 2 aromatic rings. The summed E-state index contributed by atoms with van der Waals surface area (Å²) in [5.74, 6) is -0.291. The highest BCUT2D eigenvalue weighted by atomic mass is 35.5. The minimum absolute atomic E-state index is 0.00650. The fraction of sp³-hybridized carbons (Fsp3) is 0.389. The van der Waals surface area contributed by atoms with Crippen LogP contribution in [0.25, 0.3) is 0 Å². The van der Waals surface area contributed by atoms with Gasteiger partial charge in [0, 0.05) is 31.4 Å². The SMILES string of the molecule is Cc1cc(=O)n(CC(=O)NCc2ccc(F)c(Cl)c2)c(N2CCCC2)n1. The van der Waals surface area contributed by atoms with Gasteiger partial charge in [0.05, 0.1) is 5.02 Å². The van der Waals surface area contributed by atoms with Crippen molar-refractivity contribution in [1.82, 2.24) is 14.9 Å². The summed E-state index contributed by atoms with van der Waals surface area (Å²) in [7, 11) is 0. The van der Waals surface area contributed by atoms with E-state index < -0.39 is 5.82 Å². The highest BCUT2D eigenvalue weighted by Crippen LogP contribution is 2.17. The van der Waals surface area contributed by atoms with E-state index in [1.165, 1.54) is 22.8 Å². The van der Waals surface area contributed by atoms with Crippen LogP contribution in [-0.2, 0) is 17.9 Å². The molecule has 1 N–H and O–H groups in total. The van der Waals surface area contributed by atoms with Gasteiger partial charge in [-0.3, -0.25) is 14.2 Å². The second-order valence-electron chi connectivity index (χ2n) is 6.34. The van der Waals surface area contributed by atoms with E-state index in [1.54, 1.807) is 13.0 Å². The number of hydrogen-bond donors (Lipinski definition) is 1. The minimum atomic E-state index is -0.505. The van der Waals surface area contributed by atoms with Gasteiger partial charge in [0.15, 0.2) is 0 Å². The number of anilines is 1. The second-order valence-corrected chi connectivity index (χ2v) is 6.75. The molecule has 0 bridgehead atoms. The van der Waals surface area contributed by atoms with E-state index >= 15 is 0 Å². The standard InChI is InChI=1S/C18H20ClFN4O2/c1-12-8-17(26)24(18(22-12)23-6-2-3-7-23)11-16(25)21-10-13-4-5-15(20)14(19)9-13/h4-5,8-9H,2-3,6-7,10-11H2,1H3,(H,21,25). The van der Waals surface area contributed by atoms with Crippen molar-refractivity contribution in [3.05, 3.63) is 56.7 Å². The number of amides is 1. The maximum Gasteiger partial charge on any atom is 0.255 e. The zero-order valence-corrected chi connectivity index (χ0v) is 15.2. The third-order valence-electron chi connectivity index (χ3n) is 4.28. The molecule has 0 saturated carbocycles. The molecule has 0 atom stereocenters. The van der Waals surface area contributed by atoms with Crippen LogP contribution >= 0.6 is 11.6 Å². The second kappa shape index (κ2) is 7.86. The maximum atomic E-state index is 13.2. The number of hydrogen-bond acceptors (Lipinski definition) is 4. The van der Waals surface area contributed by atoms with Crippen molar-refractivity contribution in [3.63, 3.8) is 0 Å². The summed E-state index contributed by atoms with van der Waals surface area (Å²) in [6.45, 7) is 3.50. The Morgan fingerprint density at radius 2 is 2.04 bits per heavy atom. The molecule has 0 unspecified atom stereocenters. The Bertz CT molecular complexity index is 878. The molecule has 0 spiro atoms. The number of aryl methyl sites for hydroxylation is 1. The third-order valence-corrected chi connectivity index (χ3v) is 4.57. The van der Waals surface area contributed by atoms with Crippen LogP contribution in [0.2, 0.25) is 5.02 Å². The predicted molar refractivity (Wildman–Crippen MR) is 97.9 cm³/mol. The summed E-state index contributed by atoms with van der Waals surface area (Å²) < 4.78 is 14.6. The molecule has 138 valence electrons. The van der Waals surface area contributed by atoms with Gasteiger partial charge in [-0.05, 0) is 37.5 Å². The average molecular weight is 379 g/mol. The van der Waals surface area contributed by atoms with E-state index in [0.717, 1.165) is 25.9 Å². The summed E-state index contributed by atoms with van der Waals surface area (Å²) in [5.41, 5.74) is 1.06. The van der Waals surface area contributed by atoms with Crippen LogP contribution in [-0.4, -0.2) is 28.5 Å². The van der Waals surface area contributed by atoms with Crippen LogP contribution in [0.5, 0.6) is 0 Å². The molecule has 8 heteroatoms. The largest absolute Gasteiger partial charge is 0.350 e. The van der Waals surface area contributed by atoms with Crippen molar-refractivity contribution < 1.29 is 9.18 Å². The highest BCUT2D eigenvalue weighted by molar-refractivity contribution is 6.30. The topological polar surface area (TPSA) is 67.2 Å². The lowest BCUT2D eigenvalue weighted by Gasteiger charge is -2.21. The lowest BCUT2D eigenvalue weighted by molar-refractivity contribution is -0.121. The molecular formula is C18H20ClFN4O2. The van der Waals surface area contributed by atoms with Crippen molar-refractivity contribution in [2.75, 3.05) is 18.0 Å². The Morgan fingerprint density at radius 3 is 2.73 bits per heavy atom. The van der Waals surface area contributed by atoms with Crippen molar-refractivity contribution in [3.8, 4) is 0 Å². The Labute approximate surface area is 155 Å². The van der Waals surface area contributed by atoms with Gasteiger partial charge >= 0.3 is 0 Å². The van der Waals surface area contributed by atoms with Crippen molar-refractivity contribution in [2.24, 2.45) is 0 Å². The van der Waals surface area contributed by atoms with Crippen LogP contribution in [0.3, 0.4) is 0 Å². The van der Waals surface area contributed by atoms with Crippen molar-refractivity contribution in [1.29, 1.82) is 0 Å². The number of rotatable bonds is 5. The van der Waals surface area contributed by atoms with E-state index in [4.69, 9.17) is 11.6 Å². The molecule has 6 nitrogen and oxygen atoms in total. The molecule has 26 heavy (non-hydrogen) atoms. The molecule has 1 amide bonds. The Hall–Kier alpha value is -2.41. The van der Waals surface area contributed by atoms with Gasteiger partial charge in [0.2, 0.25) is 11.9 Å². The maximum absolute atomic E-state index is 13.2. The number of halogens is 2. The minimum Gasteiger partial charge on any atom is -0.350 e. The van der Waals surface area contributed by atoms with Crippen LogP contribution in [0.15, 0.2) is 29.1 Å². The molecule has 1 aliphatic rings. The number of carbonyl (C=O) groups is 1. The van der Waals surface area contributed by atoms with E-state index in [-0.39, 0.29) is 29.6 Å². The van der Waals surface area contributed by atoms with Gasteiger partial charge in [0.1, 0.15) is 12.4 Å². The quantitative estimate of drug-likeness (QED) is 0.866. The van der Waals surface area contributed by atoms with Crippen LogP contribution in [0.4, 0.5) is 10.3 Å². The van der Waals surface area contributed by atoms with E-state index in [2.05, 4.69) is 10.3 Å². The normalized spacial score (nSPS) is 13.9. The van der Waals surface area contributed by atoms with Crippen LogP contribution in [0, 0.1) is 12.7 Å². The fourth-order valence-electron chi connectivity index (χ4n) is 2.96. The lowest BCUT2D eigenvalue weighted by atomic mass is 10.2. The fourth-order valence-corrected chi connectivity index (χ4v) is 3.17. The summed E-state index contributed by atoms with van der Waals surface area (Å²) in [6.07, 6.45) is 2.09. The number of nitrogens with zero attached hydrogens (tertiary/aromatic N) is 3. The summed E-state index contributed by atoms with van der Waals surface area (Å²) in [4.78, 5) is 31.2. The first kappa shape index (κ1) is 18.4. The predicted octanol–water partition coefficient (Wildman–Crippen LogP) is 2.26. The molecule has 1 fully saturated rings. The summed E-state index contributed by atoms with van der Waals surface area (Å²) in [5, 5.41) is 2.73. The molecule has 1 aromatic carbocycles. The smallest absolute Gasteiger partial charge is 0.255 e. The Kier molecular flexibility index (Phi) is 5.56. The Morgan fingerprint density at radius 1 is 1.31 bits per heavy atom. The Balaban J connectivity index is 1.72. The molecule has 1 aliphatic heterocycles. The van der Waals surface area contributed by atoms with Crippen LogP contribution < -0.4 is 15.8 Å². The van der Waals surface area contributed by atoms with Crippen molar-refractivity contribution >= 4 is 23.5 Å². The lowest BCUT2D eigenvalue weighted by Crippen LogP contribution is -2.36. The number of benzene rings is 1. The zero-order valence-electron chi connectivity index (χ0n) is 14.5. The molecule has 3 rings (SSSR count). The first-order chi connectivity index (χ1) is 12.4. The van der Waals surface area contributed by atoms with E-state index in [0.29, 0.717) is 17.2 Å². The molecular weight excluding hydrogens is 359 g/mol. The highest BCUT2D eigenvalue weighted by Gasteiger charge is 2.20. The molecule has 1 saturated heterocycles. The summed E-state index contributed by atoms with van der Waals surface area (Å²) in [6, 6.07) is 5.69. The van der Waals surface area contributed by atoms with Gasteiger partial charge < -0.3 is 10.2 Å². The third kappa shape index (κ3) is 4.22. The molecule has 1 aromatic heterocycles. The van der Waals surface area contributed by atoms with Gasteiger partial charge in [-0.25, -0.2) is 9.37 Å². The first-order valence-electron chi connectivity index (χ1n) is 8.48. The van der Waals surface area contributed by atoms with Crippen LogP contribution in [0.1, 0.15) is 24.1 Å². The average Bonchev–Trinajstić information content (AvgIpc) is 3.12. The number of carbonyl (C=O) groups excluding carboxylic acids is 1. The number of nitrogens with one attached hydrogen (secondary N) is 1. The number of aromatic nitrogens is 2. The van der Waals surface area contributed by atoms with Gasteiger partial charge in [-0.2, -0.15) is 0 Å². The summed E-state index contributed by atoms with van der Waals surface area (Å²) >= 11 is 5.74.